The molecule has 1 saturated heterocycles. The molecular formula is C15H24N2OS. The maximum atomic E-state index is 12.4. The Balaban J connectivity index is 1.92. The number of hydrogen-bond acceptors (Lipinski definition) is 3. The zero-order valence-electron chi connectivity index (χ0n) is 11.9. The van der Waals surface area contributed by atoms with Crippen LogP contribution in [0.5, 0.6) is 0 Å². The van der Waals surface area contributed by atoms with E-state index in [1.165, 1.54) is 17.7 Å². The lowest BCUT2D eigenvalue weighted by Crippen LogP contribution is -2.43. The Labute approximate surface area is 120 Å². The van der Waals surface area contributed by atoms with Crippen molar-refractivity contribution in [2.45, 2.75) is 39.2 Å². The Morgan fingerprint density at radius 2 is 2.21 bits per heavy atom. The Kier molecular flexibility index (Phi) is 5.40. The molecule has 0 saturated carbocycles. The van der Waals surface area contributed by atoms with Gasteiger partial charge in [0.2, 0.25) is 5.91 Å². The Morgan fingerprint density at radius 3 is 2.79 bits per heavy atom. The summed E-state index contributed by atoms with van der Waals surface area (Å²) in [5, 5.41) is 5.42. The summed E-state index contributed by atoms with van der Waals surface area (Å²) in [6, 6.07) is 4.35. The Bertz CT molecular complexity index is 383. The smallest absolute Gasteiger partial charge is 0.228 e. The summed E-state index contributed by atoms with van der Waals surface area (Å²) in [5.74, 6) is 0.937. The molecule has 0 aromatic carbocycles. The quantitative estimate of drug-likeness (QED) is 0.899. The molecule has 106 valence electrons. The van der Waals surface area contributed by atoms with Crippen molar-refractivity contribution >= 4 is 17.2 Å². The molecule has 3 nitrogen and oxygen atoms in total. The van der Waals surface area contributed by atoms with Gasteiger partial charge < -0.3 is 10.2 Å². The third-order valence-corrected chi connectivity index (χ3v) is 4.64. The summed E-state index contributed by atoms with van der Waals surface area (Å²) < 4.78 is 0. The molecule has 0 spiro atoms. The highest BCUT2D eigenvalue weighted by Gasteiger charge is 2.23. The third kappa shape index (κ3) is 4.32. The summed E-state index contributed by atoms with van der Waals surface area (Å²) in [6.07, 6.45) is 2.94. The molecule has 1 amide bonds. The van der Waals surface area contributed by atoms with Crippen molar-refractivity contribution in [2.75, 3.05) is 19.6 Å². The Morgan fingerprint density at radius 1 is 1.47 bits per heavy atom. The predicted molar refractivity (Wildman–Crippen MR) is 80.5 cm³/mol. The molecule has 1 aromatic rings. The van der Waals surface area contributed by atoms with Gasteiger partial charge in [0.05, 0.1) is 6.42 Å². The highest BCUT2D eigenvalue weighted by atomic mass is 32.1. The van der Waals surface area contributed by atoms with Gasteiger partial charge in [0.15, 0.2) is 0 Å². The summed E-state index contributed by atoms with van der Waals surface area (Å²) >= 11 is 1.67. The van der Waals surface area contributed by atoms with Gasteiger partial charge in [0.1, 0.15) is 0 Å². The topological polar surface area (TPSA) is 32.3 Å². The number of piperidine rings is 1. The van der Waals surface area contributed by atoms with Crippen molar-refractivity contribution in [3.05, 3.63) is 22.4 Å². The molecule has 0 atom stereocenters. The van der Waals surface area contributed by atoms with Crippen molar-refractivity contribution in [2.24, 2.45) is 5.92 Å². The van der Waals surface area contributed by atoms with E-state index < -0.39 is 0 Å². The van der Waals surface area contributed by atoms with E-state index in [4.69, 9.17) is 0 Å². The number of nitrogens with one attached hydrogen (secondary N) is 1. The number of hydrogen-bond donors (Lipinski definition) is 1. The standard InChI is InChI=1S/C15H24N2OS/c1-12(2)17(11-13-5-7-16-8-6-13)15(18)10-14-4-3-9-19-14/h3-4,9,12-13,16H,5-8,10-11H2,1-2H3. The van der Waals surface area contributed by atoms with E-state index in [0.717, 1.165) is 19.6 Å². The fourth-order valence-corrected chi connectivity index (χ4v) is 3.30. The average Bonchev–Trinajstić information content (AvgIpc) is 2.89. The van der Waals surface area contributed by atoms with Gasteiger partial charge in [-0.2, -0.15) is 0 Å². The van der Waals surface area contributed by atoms with Crippen molar-refractivity contribution < 1.29 is 4.79 Å². The molecule has 1 aliphatic heterocycles. The summed E-state index contributed by atoms with van der Waals surface area (Å²) in [5.41, 5.74) is 0. The second-order valence-electron chi connectivity index (χ2n) is 5.59. The molecule has 1 aromatic heterocycles. The highest BCUT2D eigenvalue weighted by Crippen LogP contribution is 2.17. The molecule has 2 rings (SSSR count). The first kappa shape index (κ1) is 14.5. The molecule has 1 aliphatic rings. The molecule has 4 heteroatoms. The number of rotatable bonds is 5. The second-order valence-corrected chi connectivity index (χ2v) is 6.62. The molecule has 0 radical (unpaired) electrons. The van der Waals surface area contributed by atoms with Crippen LogP contribution in [0.4, 0.5) is 0 Å². The van der Waals surface area contributed by atoms with E-state index in [9.17, 15) is 4.79 Å². The maximum Gasteiger partial charge on any atom is 0.228 e. The van der Waals surface area contributed by atoms with E-state index in [2.05, 4.69) is 24.1 Å². The summed E-state index contributed by atoms with van der Waals surface area (Å²) in [6.45, 7) is 7.34. The number of thiophene rings is 1. The van der Waals surface area contributed by atoms with Crippen LogP contribution < -0.4 is 5.32 Å². The first-order valence-electron chi connectivity index (χ1n) is 7.19. The van der Waals surface area contributed by atoms with E-state index >= 15 is 0 Å². The van der Waals surface area contributed by atoms with Gasteiger partial charge in [-0.15, -0.1) is 11.3 Å². The molecule has 19 heavy (non-hydrogen) atoms. The lowest BCUT2D eigenvalue weighted by molar-refractivity contribution is -0.133. The van der Waals surface area contributed by atoms with Crippen LogP contribution in [-0.2, 0) is 11.2 Å². The zero-order valence-corrected chi connectivity index (χ0v) is 12.7. The van der Waals surface area contributed by atoms with Crippen LogP contribution in [0.3, 0.4) is 0 Å². The van der Waals surface area contributed by atoms with Gasteiger partial charge in [0.25, 0.3) is 0 Å². The second kappa shape index (κ2) is 7.06. The zero-order chi connectivity index (χ0) is 13.7. The SMILES string of the molecule is CC(C)N(CC1CCNCC1)C(=O)Cc1cccs1. The molecule has 2 heterocycles. The van der Waals surface area contributed by atoms with Crippen LogP contribution in [0.15, 0.2) is 17.5 Å². The Hall–Kier alpha value is -0.870. The molecule has 1 fully saturated rings. The van der Waals surface area contributed by atoms with E-state index in [0.29, 0.717) is 18.4 Å². The summed E-state index contributed by atoms with van der Waals surface area (Å²) in [7, 11) is 0. The van der Waals surface area contributed by atoms with Crippen molar-refractivity contribution in [1.82, 2.24) is 10.2 Å². The van der Waals surface area contributed by atoms with Gasteiger partial charge in [-0.3, -0.25) is 4.79 Å². The minimum absolute atomic E-state index is 0.274. The van der Waals surface area contributed by atoms with E-state index in [1.807, 2.05) is 17.5 Å². The van der Waals surface area contributed by atoms with Crippen LogP contribution in [0.1, 0.15) is 31.6 Å². The number of carbonyl (C=O) groups is 1. The van der Waals surface area contributed by atoms with Gasteiger partial charge >= 0.3 is 0 Å². The number of carbonyl (C=O) groups excluding carboxylic acids is 1. The summed E-state index contributed by atoms with van der Waals surface area (Å²) in [4.78, 5) is 15.7. The van der Waals surface area contributed by atoms with Gasteiger partial charge in [-0.05, 0) is 57.1 Å². The number of nitrogens with zero attached hydrogens (tertiary/aromatic N) is 1. The minimum Gasteiger partial charge on any atom is -0.340 e. The van der Waals surface area contributed by atoms with Gasteiger partial charge in [-0.1, -0.05) is 6.07 Å². The van der Waals surface area contributed by atoms with E-state index in [-0.39, 0.29) is 5.91 Å². The maximum absolute atomic E-state index is 12.4. The van der Waals surface area contributed by atoms with Crippen LogP contribution >= 0.6 is 11.3 Å². The lowest BCUT2D eigenvalue weighted by atomic mass is 9.97. The first-order chi connectivity index (χ1) is 9.16. The highest BCUT2D eigenvalue weighted by molar-refractivity contribution is 7.10. The largest absolute Gasteiger partial charge is 0.340 e. The molecule has 1 N–H and O–H groups in total. The molecule has 0 bridgehead atoms. The lowest BCUT2D eigenvalue weighted by Gasteiger charge is -2.33. The third-order valence-electron chi connectivity index (χ3n) is 3.76. The fraction of sp³-hybridized carbons (Fsp3) is 0.667. The van der Waals surface area contributed by atoms with Crippen molar-refractivity contribution in [3.8, 4) is 0 Å². The number of amides is 1. The minimum atomic E-state index is 0.274. The monoisotopic (exact) mass is 280 g/mol. The fourth-order valence-electron chi connectivity index (χ4n) is 2.61. The van der Waals surface area contributed by atoms with Crippen LogP contribution in [0.25, 0.3) is 0 Å². The van der Waals surface area contributed by atoms with Gasteiger partial charge in [0, 0.05) is 17.5 Å². The van der Waals surface area contributed by atoms with Crippen LogP contribution in [-0.4, -0.2) is 36.5 Å². The van der Waals surface area contributed by atoms with Crippen LogP contribution in [0.2, 0.25) is 0 Å². The van der Waals surface area contributed by atoms with Crippen molar-refractivity contribution in [1.29, 1.82) is 0 Å². The predicted octanol–water partition coefficient (Wildman–Crippen LogP) is 2.53. The molecular weight excluding hydrogens is 256 g/mol. The molecule has 0 aliphatic carbocycles. The van der Waals surface area contributed by atoms with Gasteiger partial charge in [-0.25, -0.2) is 0 Å². The molecule has 0 unspecified atom stereocenters. The van der Waals surface area contributed by atoms with Crippen molar-refractivity contribution in [3.63, 3.8) is 0 Å². The average molecular weight is 280 g/mol. The normalized spacial score (nSPS) is 16.8. The first-order valence-corrected chi connectivity index (χ1v) is 8.07. The van der Waals surface area contributed by atoms with E-state index in [1.54, 1.807) is 11.3 Å². The van der Waals surface area contributed by atoms with Crippen LogP contribution in [0, 0.1) is 5.92 Å².